The Morgan fingerprint density at radius 1 is 1.50 bits per heavy atom. The fourth-order valence-electron chi connectivity index (χ4n) is 2.13. The molecule has 20 heavy (non-hydrogen) atoms. The van der Waals surface area contributed by atoms with Crippen molar-refractivity contribution in [1.29, 1.82) is 0 Å². The molecule has 0 saturated carbocycles. The van der Waals surface area contributed by atoms with Crippen LogP contribution in [0.25, 0.3) is 0 Å². The van der Waals surface area contributed by atoms with Crippen molar-refractivity contribution in [2.24, 2.45) is 0 Å². The largest absolute Gasteiger partial charge is 0.337 e. The molecule has 1 saturated heterocycles. The highest BCUT2D eigenvalue weighted by Crippen LogP contribution is 2.25. The summed E-state index contributed by atoms with van der Waals surface area (Å²) in [6.07, 6.45) is 3.34. The number of hydrogen-bond acceptors (Lipinski definition) is 7. The Balaban J connectivity index is 2.30. The van der Waals surface area contributed by atoms with E-state index in [-0.39, 0.29) is 5.75 Å². The minimum absolute atomic E-state index is 0.151. The third-order valence-electron chi connectivity index (χ3n) is 3.23. The summed E-state index contributed by atoms with van der Waals surface area (Å²) >= 11 is 1.68. The highest BCUT2D eigenvalue weighted by molar-refractivity contribution is 8.01. The van der Waals surface area contributed by atoms with Crippen LogP contribution in [0.4, 0.5) is 5.82 Å². The van der Waals surface area contributed by atoms with Gasteiger partial charge in [-0.3, -0.25) is 4.98 Å². The second-order valence-corrected chi connectivity index (χ2v) is 8.17. The van der Waals surface area contributed by atoms with Crippen LogP contribution < -0.4 is 10.2 Å². The van der Waals surface area contributed by atoms with Gasteiger partial charge in [0.2, 0.25) is 0 Å². The lowest BCUT2D eigenvalue weighted by Crippen LogP contribution is -2.48. The number of nitrogens with one attached hydrogen (secondary N) is 1. The van der Waals surface area contributed by atoms with Gasteiger partial charge in [-0.25, -0.2) is 13.4 Å². The van der Waals surface area contributed by atoms with Crippen LogP contribution in [0.1, 0.15) is 12.6 Å². The summed E-state index contributed by atoms with van der Waals surface area (Å²) in [5.41, 5.74) is 0.816. The highest BCUT2D eigenvalue weighted by atomic mass is 32.2. The van der Waals surface area contributed by atoms with Gasteiger partial charge in [-0.1, -0.05) is 6.92 Å². The molecule has 1 atom stereocenters. The van der Waals surface area contributed by atoms with Crippen LogP contribution in [-0.4, -0.2) is 54.6 Å². The number of nitrogens with zero attached hydrogens (tertiary/aromatic N) is 3. The van der Waals surface area contributed by atoms with E-state index in [1.807, 2.05) is 11.9 Å². The Bertz CT molecular complexity index is 550. The van der Waals surface area contributed by atoms with Crippen molar-refractivity contribution in [3.05, 3.63) is 18.1 Å². The minimum Gasteiger partial charge on any atom is -0.337 e. The van der Waals surface area contributed by atoms with E-state index in [9.17, 15) is 8.42 Å². The van der Waals surface area contributed by atoms with Crippen LogP contribution in [0, 0.1) is 0 Å². The van der Waals surface area contributed by atoms with Crippen LogP contribution >= 0.6 is 11.8 Å². The molecule has 1 N–H and O–H groups in total. The zero-order chi connectivity index (χ0) is 14.6. The van der Waals surface area contributed by atoms with Gasteiger partial charge >= 0.3 is 0 Å². The number of hydrogen-bond donors (Lipinski definition) is 1. The van der Waals surface area contributed by atoms with Crippen LogP contribution in [0.15, 0.2) is 12.4 Å². The predicted octanol–water partition coefficient (Wildman–Crippen LogP) is 0.510. The van der Waals surface area contributed by atoms with Crippen molar-refractivity contribution in [3.8, 4) is 0 Å². The van der Waals surface area contributed by atoms with E-state index in [0.29, 0.717) is 24.7 Å². The second kappa shape index (κ2) is 6.73. The lowest BCUT2D eigenvalue weighted by Gasteiger charge is -2.35. The van der Waals surface area contributed by atoms with E-state index in [1.54, 1.807) is 31.1 Å². The summed E-state index contributed by atoms with van der Waals surface area (Å²) in [6, 6.07) is 0. The zero-order valence-corrected chi connectivity index (χ0v) is 13.4. The molecule has 0 aliphatic carbocycles. The number of aromatic nitrogens is 2. The zero-order valence-electron chi connectivity index (χ0n) is 11.7. The van der Waals surface area contributed by atoms with Crippen molar-refractivity contribution in [3.63, 3.8) is 0 Å². The summed E-state index contributed by atoms with van der Waals surface area (Å²) in [7, 11) is -1.28. The molecule has 8 heteroatoms. The molecule has 0 bridgehead atoms. The van der Waals surface area contributed by atoms with E-state index in [0.717, 1.165) is 11.4 Å². The Hall–Kier alpha value is -0.860. The maximum Gasteiger partial charge on any atom is 0.171 e. The van der Waals surface area contributed by atoms with Crippen molar-refractivity contribution >= 4 is 27.4 Å². The van der Waals surface area contributed by atoms with Crippen molar-refractivity contribution < 1.29 is 8.42 Å². The van der Waals surface area contributed by atoms with Crippen molar-refractivity contribution in [2.45, 2.75) is 18.8 Å². The van der Waals surface area contributed by atoms with Crippen LogP contribution in [0.2, 0.25) is 0 Å². The molecule has 0 amide bonds. The molecule has 0 radical (unpaired) electrons. The first-order valence-electron chi connectivity index (χ1n) is 6.60. The maximum atomic E-state index is 12.2. The van der Waals surface area contributed by atoms with Crippen molar-refractivity contribution in [2.75, 3.05) is 35.8 Å². The summed E-state index contributed by atoms with van der Waals surface area (Å²) in [6.45, 7) is 3.00. The van der Waals surface area contributed by atoms with E-state index in [4.69, 9.17) is 0 Å². The van der Waals surface area contributed by atoms with Gasteiger partial charge in [0.05, 0.1) is 11.9 Å². The first-order valence-corrected chi connectivity index (χ1v) is 9.47. The Kier molecular flexibility index (Phi) is 5.22. The van der Waals surface area contributed by atoms with Crippen LogP contribution in [-0.2, 0) is 16.4 Å². The number of sulfone groups is 1. The Morgan fingerprint density at radius 3 is 3.00 bits per heavy atom. The fraction of sp³-hybridized carbons (Fsp3) is 0.667. The number of rotatable bonds is 5. The summed E-state index contributed by atoms with van der Waals surface area (Å²) in [5, 5.41) is 2.53. The van der Waals surface area contributed by atoms with Gasteiger partial charge in [0.15, 0.2) is 9.84 Å². The summed E-state index contributed by atoms with van der Waals surface area (Å²) in [5.74, 6) is 2.31. The molecule has 2 heterocycles. The second-order valence-electron chi connectivity index (χ2n) is 4.57. The lowest BCUT2D eigenvalue weighted by molar-refractivity contribution is 0.578. The lowest BCUT2D eigenvalue weighted by atomic mass is 10.4. The topological polar surface area (TPSA) is 75.2 Å². The molecule has 112 valence electrons. The number of anilines is 1. The summed E-state index contributed by atoms with van der Waals surface area (Å²) in [4.78, 5) is 10.6. The van der Waals surface area contributed by atoms with Gasteiger partial charge < -0.3 is 10.2 Å². The molecular formula is C12H20N4O2S2. The molecule has 2 rings (SSSR count). The first kappa shape index (κ1) is 15.5. The smallest absolute Gasteiger partial charge is 0.171 e. The van der Waals surface area contributed by atoms with Crippen molar-refractivity contribution in [1.82, 2.24) is 15.3 Å². The monoisotopic (exact) mass is 316 g/mol. The predicted molar refractivity (Wildman–Crippen MR) is 82.7 cm³/mol. The summed E-state index contributed by atoms with van der Waals surface area (Å²) < 4.78 is 24.5. The standard InChI is InChI=1S/C12H20N4O2S2/c1-3-20(17,18)12-9-19-5-4-16(12)11-8-14-7-10(15-11)6-13-2/h7-8,12-13H,3-6,9H2,1-2H3. The average molecular weight is 316 g/mol. The third-order valence-corrected chi connectivity index (χ3v) is 6.51. The molecule has 1 unspecified atom stereocenters. The van der Waals surface area contributed by atoms with E-state index >= 15 is 0 Å². The fourth-order valence-corrected chi connectivity index (χ4v) is 5.11. The molecule has 1 fully saturated rings. The SMILES string of the molecule is CCS(=O)(=O)C1CSCCN1c1cncc(CNC)n1. The van der Waals surface area contributed by atoms with Gasteiger partial charge in [-0.05, 0) is 7.05 Å². The molecule has 0 spiro atoms. The number of thioether (sulfide) groups is 1. The van der Waals surface area contributed by atoms with E-state index in [1.165, 1.54) is 0 Å². The van der Waals surface area contributed by atoms with Crippen LogP contribution in [0.3, 0.4) is 0 Å². The normalized spacial score (nSPS) is 20.1. The Morgan fingerprint density at radius 2 is 2.30 bits per heavy atom. The van der Waals surface area contributed by atoms with Gasteiger partial charge in [0.25, 0.3) is 0 Å². The van der Waals surface area contributed by atoms with Crippen LogP contribution in [0.5, 0.6) is 0 Å². The minimum atomic E-state index is -3.12. The van der Waals surface area contributed by atoms with E-state index < -0.39 is 15.2 Å². The third kappa shape index (κ3) is 3.42. The molecule has 6 nitrogen and oxygen atoms in total. The van der Waals surface area contributed by atoms with E-state index in [2.05, 4.69) is 15.3 Å². The first-order chi connectivity index (χ1) is 9.58. The molecular weight excluding hydrogens is 296 g/mol. The quantitative estimate of drug-likeness (QED) is 0.848. The van der Waals surface area contributed by atoms with Gasteiger partial charge in [-0.2, -0.15) is 11.8 Å². The molecule has 1 aromatic heterocycles. The molecule has 1 aliphatic heterocycles. The Labute approximate surface area is 124 Å². The maximum absolute atomic E-state index is 12.2. The van der Waals surface area contributed by atoms with Gasteiger partial charge in [0.1, 0.15) is 11.2 Å². The van der Waals surface area contributed by atoms with Gasteiger partial charge in [0, 0.05) is 36.5 Å². The highest BCUT2D eigenvalue weighted by Gasteiger charge is 2.33. The molecule has 0 aromatic carbocycles. The van der Waals surface area contributed by atoms with Gasteiger partial charge in [-0.15, -0.1) is 0 Å². The molecule has 1 aromatic rings. The average Bonchev–Trinajstić information content (AvgIpc) is 2.48. The molecule has 1 aliphatic rings.